The number of pyridine rings is 1. The van der Waals surface area contributed by atoms with Crippen LogP contribution >= 0.6 is 11.6 Å². The van der Waals surface area contributed by atoms with E-state index in [1.807, 2.05) is 31.0 Å². The molecule has 0 N–H and O–H groups in total. The van der Waals surface area contributed by atoms with Crippen molar-refractivity contribution in [3.05, 3.63) is 35.5 Å². The lowest BCUT2D eigenvalue weighted by atomic mass is 10.3. The van der Waals surface area contributed by atoms with Gasteiger partial charge >= 0.3 is 0 Å². The standard InChI is InChI=1S/C10H13ClN2/c1-8(2)7-13(3)10-9(11)5-4-6-12-10/h4-6H,1,7H2,2-3H3. The van der Waals surface area contributed by atoms with Gasteiger partial charge in [-0.1, -0.05) is 23.8 Å². The maximum Gasteiger partial charge on any atom is 0.147 e. The zero-order valence-electron chi connectivity index (χ0n) is 7.92. The summed E-state index contributed by atoms with van der Waals surface area (Å²) in [6, 6.07) is 3.65. The molecule has 0 aliphatic heterocycles. The number of anilines is 1. The van der Waals surface area contributed by atoms with Crippen LogP contribution in [0.5, 0.6) is 0 Å². The molecule has 0 aromatic carbocycles. The van der Waals surface area contributed by atoms with Crippen LogP contribution in [0.25, 0.3) is 0 Å². The monoisotopic (exact) mass is 196 g/mol. The molecule has 1 rings (SSSR count). The van der Waals surface area contributed by atoms with Crippen molar-refractivity contribution in [2.24, 2.45) is 0 Å². The fraction of sp³-hybridized carbons (Fsp3) is 0.300. The molecule has 2 nitrogen and oxygen atoms in total. The van der Waals surface area contributed by atoms with Gasteiger partial charge in [0.1, 0.15) is 5.82 Å². The molecule has 0 spiro atoms. The molecule has 0 aliphatic rings. The molecule has 0 saturated heterocycles. The number of likely N-dealkylation sites (N-methyl/N-ethyl adjacent to an activating group) is 1. The number of hydrogen-bond donors (Lipinski definition) is 0. The Balaban J connectivity index is 2.82. The molecule has 3 heteroatoms. The second kappa shape index (κ2) is 4.28. The molecule has 0 saturated carbocycles. The number of aromatic nitrogens is 1. The Labute approximate surface area is 83.8 Å². The molecule has 0 unspecified atom stereocenters. The zero-order chi connectivity index (χ0) is 9.84. The van der Waals surface area contributed by atoms with Gasteiger partial charge in [0.2, 0.25) is 0 Å². The fourth-order valence-electron chi connectivity index (χ4n) is 1.14. The van der Waals surface area contributed by atoms with Gasteiger partial charge in [-0.25, -0.2) is 4.98 Å². The number of nitrogens with zero attached hydrogens (tertiary/aromatic N) is 2. The highest BCUT2D eigenvalue weighted by Crippen LogP contribution is 2.21. The first kappa shape index (κ1) is 10.1. The molecule has 70 valence electrons. The molecule has 0 atom stereocenters. The van der Waals surface area contributed by atoms with Gasteiger partial charge in [-0.2, -0.15) is 0 Å². The first-order chi connectivity index (χ1) is 6.11. The normalized spacial score (nSPS) is 9.77. The van der Waals surface area contributed by atoms with E-state index in [4.69, 9.17) is 11.6 Å². The fourth-order valence-corrected chi connectivity index (χ4v) is 1.40. The molecule has 1 heterocycles. The predicted molar refractivity (Wildman–Crippen MR) is 57.3 cm³/mol. The molecule has 0 amide bonds. The molecular weight excluding hydrogens is 184 g/mol. The van der Waals surface area contributed by atoms with Gasteiger partial charge < -0.3 is 4.90 Å². The quantitative estimate of drug-likeness (QED) is 0.692. The Morgan fingerprint density at radius 3 is 2.92 bits per heavy atom. The maximum atomic E-state index is 5.97. The lowest BCUT2D eigenvalue weighted by Crippen LogP contribution is -2.20. The number of hydrogen-bond acceptors (Lipinski definition) is 2. The van der Waals surface area contributed by atoms with Crippen LogP contribution in [0.3, 0.4) is 0 Å². The second-order valence-corrected chi connectivity index (χ2v) is 3.53. The summed E-state index contributed by atoms with van der Waals surface area (Å²) < 4.78 is 0. The van der Waals surface area contributed by atoms with Crippen molar-refractivity contribution in [2.45, 2.75) is 6.92 Å². The van der Waals surface area contributed by atoms with Crippen molar-refractivity contribution in [2.75, 3.05) is 18.5 Å². The SMILES string of the molecule is C=C(C)CN(C)c1ncccc1Cl. The molecule has 0 radical (unpaired) electrons. The van der Waals surface area contributed by atoms with Crippen LogP contribution in [0.4, 0.5) is 5.82 Å². The van der Waals surface area contributed by atoms with Crippen LogP contribution < -0.4 is 4.90 Å². The molecule has 0 bridgehead atoms. The molecule has 1 aromatic rings. The minimum absolute atomic E-state index is 0.672. The minimum Gasteiger partial charge on any atom is -0.354 e. The van der Waals surface area contributed by atoms with E-state index in [0.717, 1.165) is 17.9 Å². The van der Waals surface area contributed by atoms with E-state index in [2.05, 4.69) is 11.6 Å². The summed E-state index contributed by atoms with van der Waals surface area (Å²) in [4.78, 5) is 6.16. The minimum atomic E-state index is 0.672. The Morgan fingerprint density at radius 1 is 1.69 bits per heavy atom. The number of rotatable bonds is 3. The van der Waals surface area contributed by atoms with Crippen molar-refractivity contribution in [3.63, 3.8) is 0 Å². The summed E-state index contributed by atoms with van der Waals surface area (Å²) in [7, 11) is 1.95. The summed E-state index contributed by atoms with van der Waals surface area (Å²) in [5, 5.41) is 0.672. The van der Waals surface area contributed by atoms with Crippen molar-refractivity contribution >= 4 is 17.4 Å². The third kappa shape index (κ3) is 2.74. The summed E-state index contributed by atoms with van der Waals surface area (Å²) in [6.45, 7) is 6.59. The average molecular weight is 197 g/mol. The van der Waals surface area contributed by atoms with Gasteiger partial charge in [-0.15, -0.1) is 0 Å². The smallest absolute Gasteiger partial charge is 0.147 e. The van der Waals surface area contributed by atoms with Gasteiger partial charge in [0, 0.05) is 19.8 Å². The molecule has 0 fully saturated rings. The molecule has 1 aromatic heterocycles. The third-order valence-corrected chi connectivity index (χ3v) is 1.90. The molecule has 13 heavy (non-hydrogen) atoms. The summed E-state index contributed by atoms with van der Waals surface area (Å²) in [6.07, 6.45) is 1.73. The van der Waals surface area contributed by atoms with E-state index in [9.17, 15) is 0 Å². The molecule has 0 aliphatic carbocycles. The van der Waals surface area contributed by atoms with Gasteiger partial charge in [-0.3, -0.25) is 0 Å². The summed E-state index contributed by atoms with van der Waals surface area (Å²) in [5.41, 5.74) is 1.09. The van der Waals surface area contributed by atoms with Crippen LogP contribution in [0.2, 0.25) is 5.02 Å². The van der Waals surface area contributed by atoms with Crippen LogP contribution in [0.1, 0.15) is 6.92 Å². The topological polar surface area (TPSA) is 16.1 Å². The highest BCUT2D eigenvalue weighted by atomic mass is 35.5. The van der Waals surface area contributed by atoms with Crippen LogP contribution in [0.15, 0.2) is 30.5 Å². The average Bonchev–Trinajstić information content (AvgIpc) is 2.03. The first-order valence-electron chi connectivity index (χ1n) is 4.07. The van der Waals surface area contributed by atoms with Gasteiger partial charge in [0.15, 0.2) is 0 Å². The lowest BCUT2D eigenvalue weighted by molar-refractivity contribution is 0.955. The summed E-state index contributed by atoms with van der Waals surface area (Å²) in [5.74, 6) is 0.798. The van der Waals surface area contributed by atoms with E-state index in [-0.39, 0.29) is 0 Å². The van der Waals surface area contributed by atoms with Crippen LogP contribution in [0, 0.1) is 0 Å². The third-order valence-electron chi connectivity index (χ3n) is 1.61. The maximum absolute atomic E-state index is 5.97. The van der Waals surface area contributed by atoms with Crippen molar-refractivity contribution in [1.82, 2.24) is 4.98 Å². The lowest BCUT2D eigenvalue weighted by Gasteiger charge is -2.18. The van der Waals surface area contributed by atoms with E-state index in [1.165, 1.54) is 0 Å². The van der Waals surface area contributed by atoms with Crippen molar-refractivity contribution in [1.29, 1.82) is 0 Å². The second-order valence-electron chi connectivity index (χ2n) is 3.12. The Morgan fingerprint density at radius 2 is 2.38 bits per heavy atom. The zero-order valence-corrected chi connectivity index (χ0v) is 8.67. The van der Waals surface area contributed by atoms with Crippen molar-refractivity contribution < 1.29 is 0 Å². The Hall–Kier alpha value is -1.02. The van der Waals surface area contributed by atoms with Gasteiger partial charge in [0.25, 0.3) is 0 Å². The number of halogens is 1. The van der Waals surface area contributed by atoms with Crippen LogP contribution in [-0.4, -0.2) is 18.6 Å². The largest absolute Gasteiger partial charge is 0.354 e. The highest BCUT2D eigenvalue weighted by molar-refractivity contribution is 6.32. The van der Waals surface area contributed by atoms with Crippen LogP contribution in [-0.2, 0) is 0 Å². The molecular formula is C10H13ClN2. The van der Waals surface area contributed by atoms with E-state index >= 15 is 0 Å². The summed E-state index contributed by atoms with van der Waals surface area (Å²) >= 11 is 5.97. The van der Waals surface area contributed by atoms with E-state index in [0.29, 0.717) is 5.02 Å². The van der Waals surface area contributed by atoms with E-state index < -0.39 is 0 Å². The van der Waals surface area contributed by atoms with Gasteiger partial charge in [-0.05, 0) is 19.1 Å². The predicted octanol–water partition coefficient (Wildman–Crippen LogP) is 2.75. The first-order valence-corrected chi connectivity index (χ1v) is 4.45. The highest BCUT2D eigenvalue weighted by Gasteiger charge is 2.05. The van der Waals surface area contributed by atoms with Crippen molar-refractivity contribution in [3.8, 4) is 0 Å². The Bertz CT molecular complexity index is 310. The van der Waals surface area contributed by atoms with E-state index in [1.54, 1.807) is 6.20 Å². The Kier molecular flexibility index (Phi) is 3.32. The van der Waals surface area contributed by atoms with Gasteiger partial charge in [0.05, 0.1) is 5.02 Å².